The van der Waals surface area contributed by atoms with Gasteiger partial charge in [-0.15, -0.1) is 0 Å². The van der Waals surface area contributed by atoms with E-state index in [9.17, 15) is 8.42 Å². The van der Waals surface area contributed by atoms with Crippen molar-refractivity contribution < 1.29 is 8.42 Å². The summed E-state index contributed by atoms with van der Waals surface area (Å²) in [5.74, 6) is 0.557. The Bertz CT molecular complexity index is 616. The molecule has 1 saturated heterocycles. The largest absolute Gasteiger partial charge is 0.398 e. The van der Waals surface area contributed by atoms with E-state index < -0.39 is 10.0 Å². The lowest BCUT2D eigenvalue weighted by Crippen LogP contribution is -2.44. The van der Waals surface area contributed by atoms with E-state index in [0.717, 1.165) is 12.8 Å². The Labute approximate surface area is 126 Å². The molecule has 0 aliphatic carbocycles. The lowest BCUT2D eigenvalue weighted by Gasteiger charge is -2.35. The maximum Gasteiger partial charge on any atom is 0.243 e. The molecule has 1 aromatic rings. The van der Waals surface area contributed by atoms with Crippen molar-refractivity contribution in [2.75, 3.05) is 12.3 Å². The van der Waals surface area contributed by atoms with Crippen molar-refractivity contribution in [3.8, 4) is 0 Å². The highest BCUT2D eigenvalue weighted by Crippen LogP contribution is 2.32. The smallest absolute Gasteiger partial charge is 0.243 e. The first-order valence-electron chi connectivity index (χ1n) is 6.81. The summed E-state index contributed by atoms with van der Waals surface area (Å²) < 4.78 is 27.3. The summed E-state index contributed by atoms with van der Waals surface area (Å²) in [5, 5.41) is 0.352. The Morgan fingerprint density at radius 1 is 1.35 bits per heavy atom. The highest BCUT2D eigenvalue weighted by molar-refractivity contribution is 7.89. The van der Waals surface area contributed by atoms with Crippen molar-refractivity contribution in [2.24, 2.45) is 5.92 Å². The third-order valence-electron chi connectivity index (χ3n) is 4.03. The number of nitrogens with two attached hydrogens (primary N) is 1. The summed E-state index contributed by atoms with van der Waals surface area (Å²) in [6.45, 7) is 6.38. The van der Waals surface area contributed by atoms with Crippen LogP contribution in [0.25, 0.3) is 0 Å². The summed E-state index contributed by atoms with van der Waals surface area (Å²) in [5.41, 5.74) is 6.82. The molecule has 2 rings (SSSR count). The fraction of sp³-hybridized carbons (Fsp3) is 0.571. The van der Waals surface area contributed by atoms with Gasteiger partial charge in [0, 0.05) is 23.3 Å². The highest BCUT2D eigenvalue weighted by Gasteiger charge is 2.34. The van der Waals surface area contributed by atoms with Crippen LogP contribution in [0, 0.1) is 12.8 Å². The molecule has 0 bridgehead atoms. The van der Waals surface area contributed by atoms with Crippen molar-refractivity contribution in [2.45, 2.75) is 44.6 Å². The molecule has 2 atom stereocenters. The fourth-order valence-corrected chi connectivity index (χ4v) is 5.04. The van der Waals surface area contributed by atoms with Gasteiger partial charge in [-0.25, -0.2) is 8.42 Å². The number of halogens is 1. The first kappa shape index (κ1) is 15.6. The van der Waals surface area contributed by atoms with Crippen LogP contribution in [0.3, 0.4) is 0 Å². The molecule has 20 heavy (non-hydrogen) atoms. The second-order valence-electron chi connectivity index (χ2n) is 5.71. The average molecular weight is 317 g/mol. The Morgan fingerprint density at radius 3 is 2.60 bits per heavy atom. The Balaban J connectivity index is 2.46. The summed E-state index contributed by atoms with van der Waals surface area (Å²) in [4.78, 5) is 0.226. The van der Waals surface area contributed by atoms with Crippen LogP contribution in [-0.4, -0.2) is 25.3 Å². The minimum Gasteiger partial charge on any atom is -0.398 e. The zero-order chi connectivity index (χ0) is 15.1. The van der Waals surface area contributed by atoms with E-state index in [-0.39, 0.29) is 10.9 Å². The normalized spacial score (nSPS) is 24.8. The second-order valence-corrected chi connectivity index (χ2v) is 8.01. The lowest BCUT2D eigenvalue weighted by atomic mass is 9.95. The summed E-state index contributed by atoms with van der Waals surface area (Å²) in [7, 11) is -3.54. The van der Waals surface area contributed by atoms with Gasteiger partial charge < -0.3 is 5.73 Å². The molecule has 0 spiro atoms. The molecule has 112 valence electrons. The first-order chi connectivity index (χ1) is 9.23. The fourth-order valence-electron chi connectivity index (χ4n) is 2.81. The number of nitrogens with zero attached hydrogens (tertiary/aromatic N) is 1. The topological polar surface area (TPSA) is 63.4 Å². The number of rotatable bonds is 2. The van der Waals surface area contributed by atoms with E-state index in [1.807, 2.05) is 6.92 Å². The second kappa shape index (κ2) is 5.54. The quantitative estimate of drug-likeness (QED) is 0.853. The minimum absolute atomic E-state index is 0.00311. The van der Waals surface area contributed by atoms with Gasteiger partial charge in [0.2, 0.25) is 10.0 Å². The zero-order valence-corrected chi connectivity index (χ0v) is 13.6. The maximum atomic E-state index is 12.8. The number of piperidine rings is 1. The monoisotopic (exact) mass is 316 g/mol. The molecule has 0 saturated carbocycles. The Kier molecular flexibility index (Phi) is 4.33. The molecule has 1 heterocycles. The molecule has 1 fully saturated rings. The SMILES string of the molecule is Cc1c(N)cc(Cl)cc1S(=O)(=O)N1CCC(C)CC1C. The van der Waals surface area contributed by atoms with Crippen LogP contribution in [0.5, 0.6) is 0 Å². The third-order valence-corrected chi connectivity index (χ3v) is 6.39. The lowest BCUT2D eigenvalue weighted by molar-refractivity contribution is 0.220. The summed E-state index contributed by atoms with van der Waals surface area (Å²) in [6.07, 6.45) is 1.77. The predicted octanol–water partition coefficient (Wildman–Crippen LogP) is 3.04. The van der Waals surface area contributed by atoms with Gasteiger partial charge in [-0.1, -0.05) is 18.5 Å². The van der Waals surface area contributed by atoms with Crippen molar-refractivity contribution in [3.63, 3.8) is 0 Å². The molecule has 1 aliphatic rings. The van der Waals surface area contributed by atoms with E-state index in [1.54, 1.807) is 17.3 Å². The van der Waals surface area contributed by atoms with Gasteiger partial charge in [0.1, 0.15) is 0 Å². The van der Waals surface area contributed by atoms with Gasteiger partial charge in [0.05, 0.1) is 4.90 Å². The van der Waals surface area contributed by atoms with E-state index in [4.69, 9.17) is 17.3 Å². The van der Waals surface area contributed by atoms with Gasteiger partial charge in [0.15, 0.2) is 0 Å². The van der Waals surface area contributed by atoms with Crippen LogP contribution in [0.2, 0.25) is 5.02 Å². The predicted molar refractivity (Wildman–Crippen MR) is 82.4 cm³/mol. The van der Waals surface area contributed by atoms with E-state index in [1.165, 1.54) is 6.07 Å². The molecular weight excluding hydrogens is 296 g/mol. The average Bonchev–Trinajstić information content (AvgIpc) is 2.33. The summed E-state index contributed by atoms with van der Waals surface area (Å²) >= 11 is 5.96. The number of anilines is 1. The van der Waals surface area contributed by atoms with Gasteiger partial charge in [0.25, 0.3) is 0 Å². The third kappa shape index (κ3) is 2.80. The molecule has 6 heteroatoms. The van der Waals surface area contributed by atoms with Crippen LogP contribution in [0.1, 0.15) is 32.3 Å². The molecule has 1 aromatic carbocycles. The van der Waals surface area contributed by atoms with Crippen molar-refractivity contribution in [1.29, 1.82) is 0 Å². The minimum atomic E-state index is -3.54. The van der Waals surface area contributed by atoms with Crippen LogP contribution in [0.15, 0.2) is 17.0 Å². The Hall–Kier alpha value is -0.780. The molecular formula is C14H21ClN2O2S. The van der Waals surface area contributed by atoms with Gasteiger partial charge in [-0.3, -0.25) is 0 Å². The van der Waals surface area contributed by atoms with Crippen LogP contribution < -0.4 is 5.73 Å². The van der Waals surface area contributed by atoms with E-state index in [2.05, 4.69) is 6.92 Å². The number of sulfonamides is 1. The van der Waals surface area contributed by atoms with Gasteiger partial charge in [-0.05, 0) is 50.3 Å². The number of nitrogen functional groups attached to an aromatic ring is 1. The van der Waals surface area contributed by atoms with Crippen LogP contribution in [0.4, 0.5) is 5.69 Å². The van der Waals surface area contributed by atoms with Gasteiger partial charge >= 0.3 is 0 Å². The van der Waals surface area contributed by atoms with Crippen LogP contribution >= 0.6 is 11.6 Å². The molecule has 4 nitrogen and oxygen atoms in total. The molecule has 0 radical (unpaired) electrons. The number of hydrogen-bond acceptors (Lipinski definition) is 3. The maximum absolute atomic E-state index is 12.8. The molecule has 0 amide bonds. The first-order valence-corrected chi connectivity index (χ1v) is 8.62. The standard InChI is InChI=1S/C14H21ClN2O2S/c1-9-4-5-17(10(2)6-9)20(18,19)14-8-12(15)7-13(16)11(14)3/h7-10H,4-6,16H2,1-3H3. The Morgan fingerprint density at radius 2 is 2.00 bits per heavy atom. The van der Waals surface area contributed by atoms with Crippen molar-refractivity contribution in [3.05, 3.63) is 22.7 Å². The summed E-state index contributed by atoms with van der Waals surface area (Å²) in [6, 6.07) is 3.08. The number of benzene rings is 1. The molecule has 2 N–H and O–H groups in total. The highest BCUT2D eigenvalue weighted by atomic mass is 35.5. The van der Waals surface area contributed by atoms with E-state index in [0.29, 0.717) is 28.7 Å². The van der Waals surface area contributed by atoms with Gasteiger partial charge in [-0.2, -0.15) is 4.31 Å². The van der Waals surface area contributed by atoms with Crippen molar-refractivity contribution in [1.82, 2.24) is 4.31 Å². The number of hydrogen-bond donors (Lipinski definition) is 1. The molecule has 0 aromatic heterocycles. The van der Waals surface area contributed by atoms with Crippen LogP contribution in [-0.2, 0) is 10.0 Å². The molecule has 1 aliphatic heterocycles. The van der Waals surface area contributed by atoms with Crippen molar-refractivity contribution >= 4 is 27.3 Å². The zero-order valence-electron chi connectivity index (χ0n) is 12.1. The van der Waals surface area contributed by atoms with E-state index >= 15 is 0 Å². The molecule has 2 unspecified atom stereocenters.